The Morgan fingerprint density at radius 3 is 2.71 bits per heavy atom. The predicted molar refractivity (Wildman–Crippen MR) is 61.4 cm³/mol. The minimum atomic E-state index is -0.404. The van der Waals surface area contributed by atoms with Gasteiger partial charge in [-0.3, -0.25) is 4.79 Å². The summed E-state index contributed by atoms with van der Waals surface area (Å²) in [5.74, 6) is 1.23. The maximum Gasteiger partial charge on any atom is 0.222 e. The van der Waals surface area contributed by atoms with Crippen LogP contribution in [0.15, 0.2) is 0 Å². The molecule has 0 radical (unpaired) electrons. The number of hydrogen-bond acceptors (Lipinski definition) is 3. The van der Waals surface area contributed by atoms with Gasteiger partial charge in [-0.05, 0) is 26.0 Å². The van der Waals surface area contributed by atoms with E-state index in [0.717, 1.165) is 12.2 Å². The van der Waals surface area contributed by atoms with E-state index in [2.05, 4.69) is 12.2 Å². The highest BCUT2D eigenvalue weighted by atomic mass is 32.2. The Morgan fingerprint density at radius 2 is 2.29 bits per heavy atom. The van der Waals surface area contributed by atoms with Crippen molar-refractivity contribution in [2.24, 2.45) is 5.73 Å². The highest BCUT2D eigenvalue weighted by Gasteiger charge is 2.26. The van der Waals surface area contributed by atoms with Gasteiger partial charge < -0.3 is 11.1 Å². The standard InChI is InChI=1S/C10H20N2OS/c1-7-8(4-5-14-7)12-9(13)6-10(2,3)11/h7-8H,4-6,11H2,1-3H3,(H,12,13). The van der Waals surface area contributed by atoms with Crippen molar-refractivity contribution in [2.45, 2.75) is 50.4 Å². The SMILES string of the molecule is CC1SCCC1NC(=O)CC(C)(C)N. The van der Waals surface area contributed by atoms with Gasteiger partial charge >= 0.3 is 0 Å². The second-order valence-electron chi connectivity index (χ2n) is 4.70. The lowest BCUT2D eigenvalue weighted by atomic mass is 10.0. The van der Waals surface area contributed by atoms with Crippen molar-refractivity contribution in [3.63, 3.8) is 0 Å². The van der Waals surface area contributed by atoms with Crippen LogP contribution in [0.5, 0.6) is 0 Å². The number of amides is 1. The molecule has 1 amide bonds. The van der Waals surface area contributed by atoms with Gasteiger partial charge in [0.15, 0.2) is 0 Å². The van der Waals surface area contributed by atoms with Crippen LogP contribution in [-0.2, 0) is 4.79 Å². The molecule has 0 aliphatic carbocycles. The topological polar surface area (TPSA) is 55.1 Å². The molecule has 3 N–H and O–H groups in total. The van der Waals surface area contributed by atoms with Crippen LogP contribution >= 0.6 is 11.8 Å². The van der Waals surface area contributed by atoms with E-state index in [1.165, 1.54) is 0 Å². The van der Waals surface area contributed by atoms with E-state index in [0.29, 0.717) is 17.7 Å². The van der Waals surface area contributed by atoms with Crippen LogP contribution in [0.2, 0.25) is 0 Å². The molecule has 0 saturated carbocycles. The zero-order valence-corrected chi connectivity index (χ0v) is 9.99. The molecule has 1 rings (SSSR count). The molecule has 1 aliphatic heterocycles. The Morgan fingerprint density at radius 1 is 1.64 bits per heavy atom. The number of carbonyl (C=O) groups excluding carboxylic acids is 1. The van der Waals surface area contributed by atoms with E-state index in [9.17, 15) is 4.79 Å². The first-order valence-electron chi connectivity index (χ1n) is 5.08. The molecule has 2 atom stereocenters. The molecule has 1 aliphatic rings. The Balaban J connectivity index is 2.33. The average Bonchev–Trinajstić information content (AvgIpc) is 2.32. The Labute approximate surface area is 90.2 Å². The van der Waals surface area contributed by atoms with Crippen molar-refractivity contribution >= 4 is 17.7 Å². The Hall–Kier alpha value is -0.220. The molecule has 1 saturated heterocycles. The molecule has 0 spiro atoms. The fourth-order valence-corrected chi connectivity index (χ4v) is 2.79. The number of hydrogen-bond donors (Lipinski definition) is 2. The second-order valence-corrected chi connectivity index (χ2v) is 6.19. The molecule has 0 aromatic heterocycles. The molecule has 2 unspecified atom stereocenters. The number of nitrogens with one attached hydrogen (secondary N) is 1. The molecule has 82 valence electrons. The molecule has 1 heterocycles. The van der Waals surface area contributed by atoms with Gasteiger partial charge in [0.1, 0.15) is 0 Å². The quantitative estimate of drug-likeness (QED) is 0.743. The van der Waals surface area contributed by atoms with Crippen LogP contribution in [0.25, 0.3) is 0 Å². The third kappa shape index (κ3) is 3.88. The lowest BCUT2D eigenvalue weighted by Gasteiger charge is -2.21. The summed E-state index contributed by atoms with van der Waals surface area (Å²) in [6, 6.07) is 0.342. The third-order valence-corrected chi connectivity index (χ3v) is 3.66. The van der Waals surface area contributed by atoms with Crippen LogP contribution in [0.3, 0.4) is 0 Å². The summed E-state index contributed by atoms with van der Waals surface area (Å²) in [7, 11) is 0. The number of thioether (sulfide) groups is 1. The van der Waals surface area contributed by atoms with Crippen molar-refractivity contribution in [2.75, 3.05) is 5.75 Å². The van der Waals surface area contributed by atoms with Gasteiger partial charge in [-0.1, -0.05) is 6.92 Å². The van der Waals surface area contributed by atoms with Crippen LogP contribution in [-0.4, -0.2) is 28.5 Å². The van der Waals surface area contributed by atoms with Crippen molar-refractivity contribution in [1.82, 2.24) is 5.32 Å². The molecule has 1 fully saturated rings. The summed E-state index contributed by atoms with van der Waals surface area (Å²) >= 11 is 1.92. The first-order chi connectivity index (χ1) is 6.38. The van der Waals surface area contributed by atoms with Crippen molar-refractivity contribution in [1.29, 1.82) is 0 Å². The van der Waals surface area contributed by atoms with Crippen molar-refractivity contribution in [3.8, 4) is 0 Å². The van der Waals surface area contributed by atoms with E-state index in [1.54, 1.807) is 0 Å². The number of rotatable bonds is 3. The molecular weight excluding hydrogens is 196 g/mol. The van der Waals surface area contributed by atoms with Gasteiger partial charge in [0.05, 0.1) is 0 Å². The first kappa shape index (κ1) is 11.9. The third-order valence-electron chi connectivity index (χ3n) is 2.34. The fraction of sp³-hybridized carbons (Fsp3) is 0.900. The van der Waals surface area contributed by atoms with E-state index in [-0.39, 0.29) is 5.91 Å². The van der Waals surface area contributed by atoms with Crippen LogP contribution < -0.4 is 11.1 Å². The summed E-state index contributed by atoms with van der Waals surface area (Å²) < 4.78 is 0. The lowest BCUT2D eigenvalue weighted by Crippen LogP contribution is -2.44. The zero-order chi connectivity index (χ0) is 10.8. The van der Waals surface area contributed by atoms with Gasteiger partial charge in [-0.25, -0.2) is 0 Å². The average molecular weight is 216 g/mol. The molecule has 0 aromatic carbocycles. The molecule has 3 nitrogen and oxygen atoms in total. The normalized spacial score (nSPS) is 27.7. The maximum atomic E-state index is 11.6. The number of carbonyl (C=O) groups is 1. The van der Waals surface area contributed by atoms with Crippen molar-refractivity contribution < 1.29 is 4.79 Å². The van der Waals surface area contributed by atoms with Gasteiger partial charge in [0.25, 0.3) is 0 Å². The largest absolute Gasteiger partial charge is 0.352 e. The monoisotopic (exact) mass is 216 g/mol. The minimum absolute atomic E-state index is 0.0804. The first-order valence-corrected chi connectivity index (χ1v) is 6.13. The smallest absolute Gasteiger partial charge is 0.222 e. The summed E-state index contributed by atoms with van der Waals surface area (Å²) in [5, 5.41) is 3.59. The Kier molecular flexibility index (Phi) is 3.84. The molecule has 14 heavy (non-hydrogen) atoms. The fourth-order valence-electron chi connectivity index (χ4n) is 1.59. The van der Waals surface area contributed by atoms with E-state index in [4.69, 9.17) is 5.73 Å². The molecule has 4 heteroatoms. The van der Waals surface area contributed by atoms with E-state index < -0.39 is 5.54 Å². The van der Waals surface area contributed by atoms with E-state index >= 15 is 0 Å². The van der Waals surface area contributed by atoms with Gasteiger partial charge in [-0.2, -0.15) is 11.8 Å². The minimum Gasteiger partial charge on any atom is -0.352 e. The summed E-state index contributed by atoms with van der Waals surface area (Å²) in [4.78, 5) is 11.6. The van der Waals surface area contributed by atoms with Gasteiger partial charge in [0, 0.05) is 23.3 Å². The van der Waals surface area contributed by atoms with Crippen molar-refractivity contribution in [3.05, 3.63) is 0 Å². The molecule has 0 bridgehead atoms. The number of nitrogens with two attached hydrogens (primary N) is 1. The molecule has 0 aromatic rings. The summed E-state index contributed by atoms with van der Waals surface area (Å²) in [6.07, 6.45) is 1.49. The van der Waals surface area contributed by atoms with Crippen LogP contribution in [0, 0.1) is 0 Å². The lowest BCUT2D eigenvalue weighted by molar-refractivity contribution is -0.122. The zero-order valence-electron chi connectivity index (χ0n) is 9.17. The maximum absolute atomic E-state index is 11.6. The molecular formula is C10H20N2OS. The van der Waals surface area contributed by atoms with E-state index in [1.807, 2.05) is 25.6 Å². The van der Waals surface area contributed by atoms with Crippen LogP contribution in [0.4, 0.5) is 0 Å². The van der Waals surface area contributed by atoms with Gasteiger partial charge in [-0.15, -0.1) is 0 Å². The summed E-state index contributed by atoms with van der Waals surface area (Å²) in [5.41, 5.74) is 5.38. The van der Waals surface area contributed by atoms with Gasteiger partial charge in [0.2, 0.25) is 5.91 Å². The highest BCUT2D eigenvalue weighted by Crippen LogP contribution is 2.26. The predicted octanol–water partition coefficient (Wildman–Crippen LogP) is 1.12. The second kappa shape index (κ2) is 4.53. The summed E-state index contributed by atoms with van der Waals surface area (Å²) in [6.45, 7) is 5.91. The highest BCUT2D eigenvalue weighted by molar-refractivity contribution is 8.00. The Bertz CT molecular complexity index is 213. The van der Waals surface area contributed by atoms with Crippen LogP contribution in [0.1, 0.15) is 33.6 Å².